The van der Waals surface area contributed by atoms with Crippen LogP contribution in [0, 0.1) is 6.92 Å². The first-order valence-corrected chi connectivity index (χ1v) is 4.23. The lowest BCUT2D eigenvalue weighted by molar-refractivity contribution is 0.385. The number of hydrogen-bond acceptors (Lipinski definition) is 5. The molecule has 0 fully saturated rings. The van der Waals surface area contributed by atoms with Crippen molar-refractivity contribution in [3.05, 3.63) is 41.8 Å². The molecule has 2 aromatic rings. The summed E-state index contributed by atoms with van der Waals surface area (Å²) < 4.78 is 4.85. The molecule has 0 aliphatic rings. The van der Waals surface area contributed by atoms with Crippen LogP contribution in [0.2, 0.25) is 0 Å². The summed E-state index contributed by atoms with van der Waals surface area (Å²) in [5.74, 6) is 0.995. The highest BCUT2D eigenvalue weighted by molar-refractivity contribution is 5.19. The van der Waals surface area contributed by atoms with Crippen molar-refractivity contribution < 1.29 is 4.52 Å². The minimum absolute atomic E-state index is 0.374. The molecule has 0 bridgehead atoms. The van der Waals surface area contributed by atoms with E-state index < -0.39 is 0 Å². The lowest BCUT2D eigenvalue weighted by Gasteiger charge is -2.05. The maximum absolute atomic E-state index is 5.90. The fraction of sp³-hybridized carbons (Fsp3) is 0.222. The third kappa shape index (κ3) is 1.62. The number of aryl methyl sites for hydroxylation is 1. The predicted molar refractivity (Wildman–Crippen MR) is 49.3 cm³/mol. The smallest absolute Gasteiger partial charge is 0.223 e. The summed E-state index contributed by atoms with van der Waals surface area (Å²) in [5, 5.41) is 3.75. The molecule has 5 nitrogen and oxygen atoms in total. The summed E-state index contributed by atoms with van der Waals surface area (Å²) in [6.07, 6.45) is 3.38. The van der Waals surface area contributed by atoms with Gasteiger partial charge in [-0.25, -0.2) is 0 Å². The minimum Gasteiger partial charge on any atom is -0.340 e. The topological polar surface area (TPSA) is 77.8 Å². The highest BCUT2D eigenvalue weighted by Crippen LogP contribution is 2.14. The highest BCUT2D eigenvalue weighted by Gasteiger charge is 2.14. The number of aromatic nitrogens is 3. The van der Waals surface area contributed by atoms with Crippen molar-refractivity contribution >= 4 is 0 Å². The van der Waals surface area contributed by atoms with Gasteiger partial charge in [0.05, 0.1) is 6.04 Å². The second-order valence-electron chi connectivity index (χ2n) is 2.94. The Labute approximate surface area is 81.0 Å². The van der Waals surface area contributed by atoms with Crippen LogP contribution in [-0.4, -0.2) is 15.1 Å². The number of pyridine rings is 1. The van der Waals surface area contributed by atoms with E-state index >= 15 is 0 Å². The largest absolute Gasteiger partial charge is 0.340 e. The maximum atomic E-state index is 5.90. The molecule has 2 N–H and O–H groups in total. The van der Waals surface area contributed by atoms with Crippen molar-refractivity contribution in [3.8, 4) is 0 Å². The average molecular weight is 190 g/mol. The Hall–Kier alpha value is -1.75. The van der Waals surface area contributed by atoms with Crippen molar-refractivity contribution in [2.24, 2.45) is 5.73 Å². The molecule has 0 amide bonds. The standard InChI is InChI=1S/C9H10N4O/c1-6-12-9(13-14-6)8(10)7-3-2-4-11-5-7/h2-5,8H,10H2,1H3/t8-/m1/s1. The Morgan fingerprint density at radius 2 is 2.36 bits per heavy atom. The molecular weight excluding hydrogens is 180 g/mol. The van der Waals surface area contributed by atoms with Gasteiger partial charge in [0.25, 0.3) is 0 Å². The predicted octanol–water partition coefficient (Wildman–Crippen LogP) is 0.821. The lowest BCUT2D eigenvalue weighted by Crippen LogP contribution is -2.13. The van der Waals surface area contributed by atoms with Crippen molar-refractivity contribution in [1.82, 2.24) is 15.1 Å². The summed E-state index contributed by atoms with van der Waals surface area (Å²) >= 11 is 0. The Morgan fingerprint density at radius 1 is 1.50 bits per heavy atom. The van der Waals surface area contributed by atoms with E-state index in [2.05, 4.69) is 15.1 Å². The van der Waals surface area contributed by atoms with E-state index in [9.17, 15) is 0 Å². The van der Waals surface area contributed by atoms with E-state index in [0.29, 0.717) is 11.7 Å². The fourth-order valence-electron chi connectivity index (χ4n) is 1.15. The van der Waals surface area contributed by atoms with Gasteiger partial charge in [-0.1, -0.05) is 11.2 Å². The van der Waals surface area contributed by atoms with E-state index in [0.717, 1.165) is 5.56 Å². The molecule has 2 heterocycles. The van der Waals surface area contributed by atoms with Crippen molar-refractivity contribution in [3.63, 3.8) is 0 Å². The van der Waals surface area contributed by atoms with E-state index in [1.54, 1.807) is 19.3 Å². The molecule has 0 saturated heterocycles. The Morgan fingerprint density at radius 3 is 2.93 bits per heavy atom. The molecule has 72 valence electrons. The Balaban J connectivity index is 2.29. The van der Waals surface area contributed by atoms with E-state index in [1.807, 2.05) is 12.1 Å². The molecule has 0 aromatic carbocycles. The first kappa shape index (κ1) is 8.83. The molecule has 2 rings (SSSR count). The molecule has 2 aromatic heterocycles. The van der Waals surface area contributed by atoms with Gasteiger partial charge in [-0.05, 0) is 11.6 Å². The van der Waals surface area contributed by atoms with Crippen LogP contribution >= 0.6 is 0 Å². The van der Waals surface area contributed by atoms with Crippen LogP contribution < -0.4 is 5.73 Å². The molecule has 0 saturated carbocycles. The quantitative estimate of drug-likeness (QED) is 0.758. The van der Waals surface area contributed by atoms with Gasteiger partial charge in [-0.2, -0.15) is 4.98 Å². The van der Waals surface area contributed by atoms with Gasteiger partial charge < -0.3 is 10.3 Å². The van der Waals surface area contributed by atoms with E-state index in [-0.39, 0.29) is 6.04 Å². The zero-order valence-electron chi connectivity index (χ0n) is 7.71. The van der Waals surface area contributed by atoms with Gasteiger partial charge in [0, 0.05) is 19.3 Å². The highest BCUT2D eigenvalue weighted by atomic mass is 16.5. The van der Waals surface area contributed by atoms with Crippen LogP contribution in [0.4, 0.5) is 0 Å². The van der Waals surface area contributed by atoms with Crippen LogP contribution in [0.5, 0.6) is 0 Å². The average Bonchev–Trinajstić information content (AvgIpc) is 2.65. The second kappa shape index (κ2) is 3.55. The second-order valence-corrected chi connectivity index (χ2v) is 2.94. The zero-order valence-corrected chi connectivity index (χ0v) is 7.71. The van der Waals surface area contributed by atoms with Crippen LogP contribution in [0.25, 0.3) is 0 Å². The van der Waals surface area contributed by atoms with E-state index in [4.69, 9.17) is 10.3 Å². The molecule has 0 spiro atoms. The summed E-state index contributed by atoms with van der Waals surface area (Å²) in [5.41, 5.74) is 6.77. The molecule has 0 radical (unpaired) electrons. The summed E-state index contributed by atoms with van der Waals surface area (Å²) in [6, 6.07) is 3.33. The third-order valence-corrected chi connectivity index (χ3v) is 1.86. The molecule has 5 heteroatoms. The summed E-state index contributed by atoms with van der Waals surface area (Å²) in [4.78, 5) is 8.03. The molecule has 0 aliphatic heterocycles. The number of rotatable bonds is 2. The molecule has 0 aliphatic carbocycles. The SMILES string of the molecule is Cc1nc([C@H](N)c2cccnc2)no1. The van der Waals surface area contributed by atoms with Crippen molar-refractivity contribution in [2.75, 3.05) is 0 Å². The molecule has 0 unspecified atom stereocenters. The van der Waals surface area contributed by atoms with Gasteiger partial charge in [-0.3, -0.25) is 4.98 Å². The third-order valence-electron chi connectivity index (χ3n) is 1.86. The van der Waals surface area contributed by atoms with Crippen LogP contribution in [0.1, 0.15) is 23.3 Å². The van der Waals surface area contributed by atoms with Gasteiger partial charge in [-0.15, -0.1) is 0 Å². The summed E-state index contributed by atoms with van der Waals surface area (Å²) in [7, 11) is 0. The molecule has 14 heavy (non-hydrogen) atoms. The molecular formula is C9H10N4O. The van der Waals surface area contributed by atoms with E-state index in [1.165, 1.54) is 0 Å². The van der Waals surface area contributed by atoms with Crippen LogP contribution in [0.3, 0.4) is 0 Å². The zero-order chi connectivity index (χ0) is 9.97. The first-order chi connectivity index (χ1) is 6.77. The van der Waals surface area contributed by atoms with Crippen LogP contribution in [0.15, 0.2) is 29.0 Å². The lowest BCUT2D eigenvalue weighted by atomic mass is 10.1. The van der Waals surface area contributed by atoms with Crippen LogP contribution in [-0.2, 0) is 0 Å². The number of hydrogen-bond donors (Lipinski definition) is 1. The van der Waals surface area contributed by atoms with Crippen molar-refractivity contribution in [2.45, 2.75) is 13.0 Å². The maximum Gasteiger partial charge on any atom is 0.223 e. The molecule has 1 atom stereocenters. The van der Waals surface area contributed by atoms with Crippen molar-refractivity contribution in [1.29, 1.82) is 0 Å². The first-order valence-electron chi connectivity index (χ1n) is 4.23. The van der Waals surface area contributed by atoms with Gasteiger partial charge in [0.1, 0.15) is 0 Å². The Kier molecular flexibility index (Phi) is 2.24. The monoisotopic (exact) mass is 190 g/mol. The number of nitrogens with two attached hydrogens (primary N) is 1. The minimum atomic E-state index is -0.374. The number of nitrogens with zero attached hydrogens (tertiary/aromatic N) is 3. The van der Waals surface area contributed by atoms with Gasteiger partial charge in [0.15, 0.2) is 5.82 Å². The van der Waals surface area contributed by atoms with Gasteiger partial charge >= 0.3 is 0 Å². The normalized spacial score (nSPS) is 12.7. The van der Waals surface area contributed by atoms with Gasteiger partial charge in [0.2, 0.25) is 5.89 Å². The Bertz CT molecular complexity index is 412. The summed E-state index contributed by atoms with van der Waals surface area (Å²) in [6.45, 7) is 1.73. The fourth-order valence-corrected chi connectivity index (χ4v) is 1.15.